The fourth-order valence-corrected chi connectivity index (χ4v) is 5.41. The van der Waals surface area contributed by atoms with E-state index >= 15 is 0 Å². The number of likely N-dealkylation sites (tertiary alicyclic amines) is 1. The molecule has 3 aromatic carbocycles. The number of benzene rings is 3. The van der Waals surface area contributed by atoms with Crippen molar-refractivity contribution in [2.45, 2.75) is 44.7 Å². The zero-order chi connectivity index (χ0) is 29.6. The molecule has 0 bridgehead atoms. The van der Waals surface area contributed by atoms with Gasteiger partial charge in [0.2, 0.25) is 0 Å². The molecule has 0 radical (unpaired) electrons. The number of fused-ring (bicyclic) bond motifs is 1. The van der Waals surface area contributed by atoms with Gasteiger partial charge < -0.3 is 15.0 Å². The van der Waals surface area contributed by atoms with E-state index < -0.39 is 23.5 Å². The molecule has 2 heterocycles. The number of hydrogen-bond acceptors (Lipinski definition) is 3. The van der Waals surface area contributed by atoms with Crippen molar-refractivity contribution in [1.29, 1.82) is 0 Å². The first kappa shape index (κ1) is 30.3. The van der Waals surface area contributed by atoms with Gasteiger partial charge in [-0.25, -0.2) is 4.79 Å². The summed E-state index contributed by atoms with van der Waals surface area (Å²) >= 11 is 5.54. The minimum Gasteiger partial charge on any atom is -0.478 e. The van der Waals surface area contributed by atoms with E-state index in [0.29, 0.717) is 5.92 Å². The lowest BCUT2D eigenvalue weighted by Gasteiger charge is -2.31. The van der Waals surface area contributed by atoms with E-state index in [1.165, 1.54) is 37.1 Å². The van der Waals surface area contributed by atoms with Crippen LogP contribution in [0.15, 0.2) is 72.9 Å². The fourth-order valence-electron chi connectivity index (χ4n) is 5.19. The Morgan fingerprint density at radius 3 is 2.27 bits per heavy atom. The zero-order valence-electron chi connectivity index (χ0n) is 22.7. The highest BCUT2D eigenvalue weighted by Gasteiger charge is 2.35. The minimum atomic E-state index is -4.57. The number of carboxylic acids is 1. The van der Waals surface area contributed by atoms with Gasteiger partial charge in [-0.15, -0.1) is 0 Å². The molecule has 0 aliphatic carbocycles. The fraction of sp³-hybridized carbons (Fsp3) is 0.312. The molecule has 1 aromatic heterocycles. The number of aromatic nitrogens is 1. The lowest BCUT2D eigenvalue weighted by Crippen LogP contribution is -2.33. The van der Waals surface area contributed by atoms with Crippen LogP contribution in [0.4, 0.5) is 13.2 Å². The number of nitrogens with one attached hydrogen (secondary N) is 1. The Morgan fingerprint density at radius 2 is 1.66 bits per heavy atom. The maximum atomic E-state index is 13.4. The first-order valence-corrected chi connectivity index (χ1v) is 14.0. The molecule has 41 heavy (non-hydrogen) atoms. The molecule has 0 atom stereocenters. The van der Waals surface area contributed by atoms with Crippen molar-refractivity contribution < 1.29 is 27.9 Å². The van der Waals surface area contributed by atoms with Crippen molar-refractivity contribution >= 4 is 34.3 Å². The van der Waals surface area contributed by atoms with Crippen molar-refractivity contribution in [1.82, 2.24) is 9.88 Å². The quantitative estimate of drug-likeness (QED) is 0.214. The molecule has 0 amide bonds. The average Bonchev–Trinajstić information content (AvgIpc) is 3.39. The van der Waals surface area contributed by atoms with Crippen LogP contribution >= 0.6 is 11.6 Å². The summed E-state index contributed by atoms with van der Waals surface area (Å²) in [6.07, 6.45) is 1.92. The van der Waals surface area contributed by atoms with Gasteiger partial charge in [0.05, 0.1) is 16.1 Å². The first-order valence-electron chi connectivity index (χ1n) is 13.6. The molecule has 216 valence electrons. The van der Waals surface area contributed by atoms with Gasteiger partial charge in [0.25, 0.3) is 0 Å². The van der Waals surface area contributed by atoms with Crippen molar-refractivity contribution in [3.05, 3.63) is 106 Å². The molecular formula is C32H32ClF3N2O3. The predicted molar refractivity (Wildman–Crippen MR) is 155 cm³/mol. The first-order chi connectivity index (χ1) is 19.6. The SMILES string of the molecule is CCCCN1CCC(c2c[nH]c3ccc(C(=O)c4ccccc4C(F)(F)F)cc23)CC1.O=C(O)c1ccccc1Cl. The second kappa shape index (κ2) is 13.4. The van der Waals surface area contributed by atoms with E-state index in [2.05, 4.69) is 16.8 Å². The Labute approximate surface area is 241 Å². The number of halogens is 4. The molecule has 0 unspecified atom stereocenters. The van der Waals surface area contributed by atoms with Gasteiger partial charge in [-0.1, -0.05) is 55.3 Å². The lowest BCUT2D eigenvalue weighted by molar-refractivity contribution is -0.137. The minimum absolute atomic E-state index is 0.143. The Morgan fingerprint density at radius 1 is 1.00 bits per heavy atom. The maximum absolute atomic E-state index is 13.4. The number of carbonyl (C=O) groups is 2. The number of carbonyl (C=O) groups excluding carboxylic acids is 1. The van der Waals surface area contributed by atoms with Crippen molar-refractivity contribution in [3.8, 4) is 0 Å². The van der Waals surface area contributed by atoms with Crippen molar-refractivity contribution in [2.24, 2.45) is 0 Å². The van der Waals surface area contributed by atoms with Crippen LogP contribution < -0.4 is 0 Å². The highest BCUT2D eigenvalue weighted by molar-refractivity contribution is 6.33. The highest BCUT2D eigenvalue weighted by atomic mass is 35.5. The Bertz CT molecular complexity index is 1510. The van der Waals surface area contributed by atoms with Gasteiger partial charge in [-0.05, 0) is 86.8 Å². The smallest absolute Gasteiger partial charge is 0.417 e. The van der Waals surface area contributed by atoms with Gasteiger partial charge in [-0.2, -0.15) is 13.2 Å². The van der Waals surface area contributed by atoms with Gasteiger partial charge >= 0.3 is 12.1 Å². The van der Waals surface area contributed by atoms with Crippen LogP contribution in [0.5, 0.6) is 0 Å². The molecule has 5 nitrogen and oxygen atoms in total. The molecular weight excluding hydrogens is 553 g/mol. The van der Waals surface area contributed by atoms with Crippen LogP contribution in [-0.2, 0) is 6.18 Å². The summed E-state index contributed by atoms with van der Waals surface area (Å²) in [4.78, 5) is 29.1. The molecule has 9 heteroatoms. The van der Waals surface area contributed by atoms with Gasteiger partial charge in [0.1, 0.15) is 0 Å². The number of nitrogens with zero attached hydrogens (tertiary/aromatic N) is 1. The summed E-state index contributed by atoms with van der Waals surface area (Å²) in [7, 11) is 0. The maximum Gasteiger partial charge on any atom is 0.417 e. The summed E-state index contributed by atoms with van der Waals surface area (Å²) in [5.74, 6) is -1.21. The molecule has 5 rings (SSSR count). The molecule has 0 spiro atoms. The van der Waals surface area contributed by atoms with E-state index in [9.17, 15) is 22.8 Å². The van der Waals surface area contributed by atoms with Crippen LogP contribution in [0.2, 0.25) is 5.02 Å². The summed E-state index contributed by atoms with van der Waals surface area (Å²) in [6.45, 7) is 5.43. The standard InChI is InChI=1S/C25H27F3N2O.C7H5ClO2/c1-2-3-12-30-13-10-17(11-14-30)21-16-29-23-9-8-18(15-20(21)23)24(31)19-6-4-5-7-22(19)25(26,27)28;8-6-4-2-1-3-5(6)7(9)10/h4-9,15-17,29H,2-3,10-14H2,1H3;1-4H,(H,9,10). The van der Waals surface area contributed by atoms with E-state index in [-0.39, 0.29) is 21.7 Å². The van der Waals surface area contributed by atoms with Crippen LogP contribution in [0, 0.1) is 0 Å². The summed E-state index contributed by atoms with van der Waals surface area (Å²) in [6, 6.07) is 16.5. The molecule has 1 aliphatic rings. The van der Waals surface area contributed by atoms with Gasteiger partial charge in [0, 0.05) is 28.2 Å². The number of aromatic amines is 1. The number of aromatic carboxylic acids is 1. The number of H-pyrrole nitrogens is 1. The van der Waals surface area contributed by atoms with E-state index in [1.54, 1.807) is 36.4 Å². The average molecular weight is 585 g/mol. The number of piperidine rings is 1. The van der Waals surface area contributed by atoms with Crippen molar-refractivity contribution in [2.75, 3.05) is 19.6 Å². The molecule has 2 N–H and O–H groups in total. The second-order valence-electron chi connectivity index (χ2n) is 10.1. The number of rotatable bonds is 7. The van der Waals surface area contributed by atoms with Crippen LogP contribution in [0.25, 0.3) is 10.9 Å². The third-order valence-corrected chi connectivity index (χ3v) is 7.74. The lowest BCUT2D eigenvalue weighted by atomic mass is 9.88. The molecule has 4 aromatic rings. The summed E-state index contributed by atoms with van der Waals surface area (Å²) in [5, 5.41) is 9.69. The number of ketones is 1. The normalized spacial score (nSPS) is 14.5. The predicted octanol–water partition coefficient (Wildman–Crippen LogP) is 8.44. The second-order valence-corrected chi connectivity index (χ2v) is 10.5. The number of carboxylic acid groups (broad SMARTS) is 1. The van der Waals surface area contributed by atoms with E-state index in [1.807, 2.05) is 6.20 Å². The summed E-state index contributed by atoms with van der Waals surface area (Å²) < 4.78 is 40.1. The highest BCUT2D eigenvalue weighted by Crippen LogP contribution is 2.36. The summed E-state index contributed by atoms with van der Waals surface area (Å²) in [5.41, 5.74) is 1.28. The Kier molecular flexibility index (Phi) is 9.89. The number of alkyl halides is 3. The number of hydrogen-bond donors (Lipinski definition) is 2. The van der Waals surface area contributed by atoms with Crippen LogP contribution in [-0.4, -0.2) is 46.4 Å². The monoisotopic (exact) mass is 584 g/mol. The van der Waals surface area contributed by atoms with Gasteiger partial charge in [-0.3, -0.25) is 4.79 Å². The number of unbranched alkanes of at least 4 members (excludes halogenated alkanes) is 1. The van der Waals surface area contributed by atoms with E-state index in [4.69, 9.17) is 16.7 Å². The third-order valence-electron chi connectivity index (χ3n) is 7.41. The molecule has 1 saturated heterocycles. The zero-order valence-corrected chi connectivity index (χ0v) is 23.4. The third kappa shape index (κ3) is 7.37. The molecule has 1 fully saturated rings. The largest absolute Gasteiger partial charge is 0.478 e. The van der Waals surface area contributed by atoms with Crippen molar-refractivity contribution in [3.63, 3.8) is 0 Å². The van der Waals surface area contributed by atoms with Crippen LogP contribution in [0.1, 0.15) is 75.9 Å². The van der Waals surface area contributed by atoms with Gasteiger partial charge in [0.15, 0.2) is 5.78 Å². The molecule has 1 aliphatic heterocycles. The van der Waals surface area contributed by atoms with E-state index in [0.717, 1.165) is 55.0 Å². The molecule has 0 saturated carbocycles. The van der Waals surface area contributed by atoms with Crippen LogP contribution in [0.3, 0.4) is 0 Å². The Balaban J connectivity index is 0.000000328. The topological polar surface area (TPSA) is 73.4 Å². The Hall–Kier alpha value is -3.62.